The molecule has 3 rings (SSSR count). The third-order valence-electron chi connectivity index (χ3n) is 4.74. The molecule has 0 amide bonds. The fourth-order valence-corrected chi connectivity index (χ4v) is 3.67. The van der Waals surface area contributed by atoms with Crippen molar-refractivity contribution in [2.24, 2.45) is 11.8 Å². The van der Waals surface area contributed by atoms with Gasteiger partial charge in [0.1, 0.15) is 12.1 Å². The van der Waals surface area contributed by atoms with Gasteiger partial charge >= 0.3 is 0 Å². The maximum Gasteiger partial charge on any atom is 0.123 e. The van der Waals surface area contributed by atoms with Crippen LogP contribution in [-0.2, 0) is 4.79 Å². The van der Waals surface area contributed by atoms with Crippen LogP contribution in [0.3, 0.4) is 0 Å². The van der Waals surface area contributed by atoms with E-state index >= 15 is 0 Å². The minimum absolute atomic E-state index is 0.151. The van der Waals surface area contributed by atoms with Crippen LogP contribution in [0.15, 0.2) is 24.3 Å². The van der Waals surface area contributed by atoms with Gasteiger partial charge in [-0.25, -0.2) is 4.39 Å². The summed E-state index contributed by atoms with van der Waals surface area (Å²) in [6.07, 6.45) is 3.89. The molecular weight excluding hydrogens is 241 g/mol. The number of carbonyl (C=O) groups is 1. The third-order valence-corrected chi connectivity index (χ3v) is 4.74. The molecule has 0 spiro atoms. The molecule has 3 atom stereocenters. The van der Waals surface area contributed by atoms with Crippen LogP contribution in [0.2, 0.25) is 0 Å². The second-order valence-electron chi connectivity index (χ2n) is 5.89. The molecule has 2 nitrogen and oxygen atoms in total. The highest BCUT2D eigenvalue weighted by molar-refractivity contribution is 5.49. The van der Waals surface area contributed by atoms with Gasteiger partial charge in [0.05, 0.1) is 0 Å². The van der Waals surface area contributed by atoms with Crippen molar-refractivity contribution < 1.29 is 9.18 Å². The van der Waals surface area contributed by atoms with E-state index < -0.39 is 0 Å². The largest absolute Gasteiger partial charge is 0.303 e. The molecule has 3 heteroatoms. The van der Waals surface area contributed by atoms with Gasteiger partial charge in [0.2, 0.25) is 0 Å². The number of nitrogens with zero attached hydrogens (tertiary/aromatic N) is 1. The van der Waals surface area contributed by atoms with Crippen molar-refractivity contribution in [2.75, 3.05) is 19.6 Å². The summed E-state index contributed by atoms with van der Waals surface area (Å²) in [5, 5.41) is 0. The van der Waals surface area contributed by atoms with Crippen LogP contribution in [0.1, 0.15) is 30.7 Å². The normalized spacial score (nSPS) is 29.8. The molecule has 0 radical (unpaired) electrons. The number of halogens is 1. The van der Waals surface area contributed by atoms with Crippen LogP contribution < -0.4 is 0 Å². The number of likely N-dealkylation sites (tertiary alicyclic amines) is 1. The zero-order valence-electron chi connectivity index (χ0n) is 11.1. The lowest BCUT2D eigenvalue weighted by Gasteiger charge is -2.40. The molecule has 1 saturated carbocycles. The topological polar surface area (TPSA) is 20.3 Å². The molecule has 0 aromatic heterocycles. The zero-order valence-corrected chi connectivity index (χ0v) is 11.1. The fraction of sp³-hybridized carbons (Fsp3) is 0.562. The first-order chi connectivity index (χ1) is 9.28. The van der Waals surface area contributed by atoms with Crippen LogP contribution >= 0.6 is 0 Å². The molecule has 0 N–H and O–H groups in total. The fourth-order valence-electron chi connectivity index (χ4n) is 3.67. The summed E-state index contributed by atoms with van der Waals surface area (Å²) < 4.78 is 12.9. The molecule has 3 unspecified atom stereocenters. The predicted octanol–water partition coefficient (Wildman–Crippen LogP) is 2.84. The van der Waals surface area contributed by atoms with Crippen LogP contribution in [-0.4, -0.2) is 30.8 Å². The van der Waals surface area contributed by atoms with E-state index in [9.17, 15) is 9.18 Å². The number of hydrogen-bond donors (Lipinski definition) is 0. The van der Waals surface area contributed by atoms with Crippen molar-refractivity contribution in [2.45, 2.75) is 25.2 Å². The van der Waals surface area contributed by atoms with E-state index in [2.05, 4.69) is 4.90 Å². The third kappa shape index (κ3) is 2.57. The molecule has 2 aliphatic rings. The number of fused-ring (bicyclic) bond motifs is 1. The Balaban J connectivity index is 1.56. The lowest BCUT2D eigenvalue weighted by molar-refractivity contribution is -0.108. The highest BCUT2D eigenvalue weighted by Crippen LogP contribution is 2.51. The van der Waals surface area contributed by atoms with Gasteiger partial charge in [-0.2, -0.15) is 0 Å². The van der Waals surface area contributed by atoms with Gasteiger partial charge in [0.15, 0.2) is 0 Å². The first-order valence-electron chi connectivity index (χ1n) is 7.19. The van der Waals surface area contributed by atoms with E-state index in [0.29, 0.717) is 12.3 Å². The second kappa shape index (κ2) is 5.41. The lowest BCUT2D eigenvalue weighted by atomic mass is 9.64. The summed E-state index contributed by atoms with van der Waals surface area (Å²) in [4.78, 5) is 12.8. The second-order valence-corrected chi connectivity index (χ2v) is 5.89. The Bertz CT molecular complexity index is 445. The molecule has 102 valence electrons. The van der Waals surface area contributed by atoms with Crippen molar-refractivity contribution in [3.05, 3.63) is 35.6 Å². The van der Waals surface area contributed by atoms with Crippen LogP contribution in [0.4, 0.5) is 4.39 Å². The van der Waals surface area contributed by atoms with Gasteiger partial charge in [-0.15, -0.1) is 0 Å². The molecule has 1 saturated heterocycles. The molecule has 1 heterocycles. The lowest BCUT2D eigenvalue weighted by Crippen LogP contribution is -2.33. The molecule has 19 heavy (non-hydrogen) atoms. The Morgan fingerprint density at radius 3 is 2.79 bits per heavy atom. The molecular formula is C16H20FNO. The summed E-state index contributed by atoms with van der Waals surface area (Å²) in [6.45, 7) is 3.37. The first kappa shape index (κ1) is 12.8. The van der Waals surface area contributed by atoms with Crippen LogP contribution in [0.25, 0.3) is 0 Å². The van der Waals surface area contributed by atoms with Crippen LogP contribution in [0.5, 0.6) is 0 Å². The molecule has 1 aromatic rings. The maximum atomic E-state index is 12.9. The van der Waals surface area contributed by atoms with Crippen molar-refractivity contribution in [3.63, 3.8) is 0 Å². The molecule has 0 bridgehead atoms. The van der Waals surface area contributed by atoms with Crippen molar-refractivity contribution in [3.8, 4) is 0 Å². The van der Waals surface area contributed by atoms with Crippen LogP contribution in [0, 0.1) is 17.7 Å². The number of rotatable bonds is 5. The SMILES string of the molecule is O=CCCCN1CC2CC(c3ccc(F)cc3)C2C1. The number of aldehydes is 1. The summed E-state index contributed by atoms with van der Waals surface area (Å²) in [7, 11) is 0. The highest BCUT2D eigenvalue weighted by Gasteiger charge is 2.46. The van der Waals surface area contributed by atoms with E-state index in [-0.39, 0.29) is 5.82 Å². The number of carbonyl (C=O) groups excluding carboxylic acids is 1. The Labute approximate surface area is 113 Å². The van der Waals surface area contributed by atoms with Gasteiger partial charge in [0, 0.05) is 19.5 Å². The average Bonchev–Trinajstić information content (AvgIpc) is 2.70. The first-order valence-corrected chi connectivity index (χ1v) is 7.19. The smallest absolute Gasteiger partial charge is 0.123 e. The average molecular weight is 261 g/mol. The molecule has 1 aliphatic heterocycles. The number of benzene rings is 1. The zero-order chi connectivity index (χ0) is 13.2. The van der Waals surface area contributed by atoms with Gasteiger partial charge in [-0.3, -0.25) is 0 Å². The quantitative estimate of drug-likeness (QED) is 0.600. The Kier molecular flexibility index (Phi) is 3.65. The molecule has 2 fully saturated rings. The van der Waals surface area contributed by atoms with Gasteiger partial charge in [0.25, 0.3) is 0 Å². The van der Waals surface area contributed by atoms with Gasteiger partial charge in [-0.1, -0.05) is 12.1 Å². The summed E-state index contributed by atoms with van der Waals surface area (Å²) in [5.41, 5.74) is 1.29. The minimum Gasteiger partial charge on any atom is -0.303 e. The van der Waals surface area contributed by atoms with Crippen molar-refractivity contribution >= 4 is 6.29 Å². The number of hydrogen-bond acceptors (Lipinski definition) is 2. The summed E-state index contributed by atoms with van der Waals surface area (Å²) in [5.74, 6) is 2.01. The Morgan fingerprint density at radius 2 is 2.05 bits per heavy atom. The number of unbranched alkanes of at least 4 members (excludes halogenated alkanes) is 1. The van der Waals surface area contributed by atoms with E-state index in [0.717, 1.165) is 37.6 Å². The predicted molar refractivity (Wildman–Crippen MR) is 72.5 cm³/mol. The minimum atomic E-state index is -0.151. The monoisotopic (exact) mass is 261 g/mol. The van der Waals surface area contributed by atoms with E-state index in [1.165, 1.54) is 18.5 Å². The standard InChI is InChI=1S/C16H20FNO/c17-14-5-3-12(4-6-14)15-9-13-10-18(11-16(13)15)7-1-2-8-19/h3-6,8,13,15-16H,1-2,7,9-11H2. The Hall–Kier alpha value is -1.22. The summed E-state index contributed by atoms with van der Waals surface area (Å²) in [6, 6.07) is 7.01. The molecule has 1 aromatic carbocycles. The van der Waals surface area contributed by atoms with E-state index in [4.69, 9.17) is 0 Å². The maximum absolute atomic E-state index is 12.9. The Morgan fingerprint density at radius 1 is 1.26 bits per heavy atom. The van der Waals surface area contributed by atoms with Gasteiger partial charge in [-0.05, 0) is 54.8 Å². The highest BCUT2D eigenvalue weighted by atomic mass is 19.1. The summed E-state index contributed by atoms with van der Waals surface area (Å²) >= 11 is 0. The van der Waals surface area contributed by atoms with Gasteiger partial charge < -0.3 is 9.69 Å². The molecule has 1 aliphatic carbocycles. The van der Waals surface area contributed by atoms with E-state index in [1.807, 2.05) is 12.1 Å². The van der Waals surface area contributed by atoms with Crippen molar-refractivity contribution in [1.82, 2.24) is 4.90 Å². The van der Waals surface area contributed by atoms with E-state index in [1.54, 1.807) is 12.1 Å². The van der Waals surface area contributed by atoms with Crippen molar-refractivity contribution in [1.29, 1.82) is 0 Å².